The molecule has 0 atom stereocenters. The Bertz CT molecular complexity index is 958. The highest BCUT2D eigenvalue weighted by atomic mass is 16.4. The van der Waals surface area contributed by atoms with E-state index in [0.717, 1.165) is 0 Å². The maximum absolute atomic E-state index is 11.5. The summed E-state index contributed by atoms with van der Waals surface area (Å²) in [6.45, 7) is 0. The van der Waals surface area contributed by atoms with E-state index in [1.54, 1.807) is 30.3 Å². The summed E-state index contributed by atoms with van der Waals surface area (Å²) in [5, 5.41) is 27.4. The number of rotatable bonds is 5. The van der Waals surface area contributed by atoms with E-state index in [0.29, 0.717) is 22.3 Å². The molecule has 0 aromatic heterocycles. The number of hydrogen-bond donors (Lipinski definition) is 3. The lowest BCUT2D eigenvalue weighted by Gasteiger charge is -2.09. The van der Waals surface area contributed by atoms with Crippen LogP contribution < -0.4 is 0 Å². The first-order chi connectivity index (χ1) is 12.8. The summed E-state index contributed by atoms with van der Waals surface area (Å²) in [6, 6.07) is 17.0. The molecule has 0 aliphatic carbocycles. The van der Waals surface area contributed by atoms with Crippen LogP contribution >= 0.6 is 0 Å². The fourth-order valence-electron chi connectivity index (χ4n) is 2.69. The smallest absolute Gasteiger partial charge is 0.335 e. The maximum Gasteiger partial charge on any atom is 0.335 e. The molecule has 134 valence electrons. The van der Waals surface area contributed by atoms with Crippen LogP contribution in [-0.4, -0.2) is 33.2 Å². The van der Waals surface area contributed by atoms with Gasteiger partial charge >= 0.3 is 17.9 Å². The second-order valence-electron chi connectivity index (χ2n) is 5.87. The molecule has 3 aromatic carbocycles. The summed E-state index contributed by atoms with van der Waals surface area (Å²) in [5.74, 6) is -3.18. The van der Waals surface area contributed by atoms with Crippen LogP contribution in [0.2, 0.25) is 0 Å². The average molecular weight is 362 g/mol. The molecule has 0 aliphatic rings. The molecule has 0 bridgehead atoms. The lowest BCUT2D eigenvalue weighted by atomic mass is 9.95. The first kappa shape index (κ1) is 17.9. The van der Waals surface area contributed by atoms with E-state index in [4.69, 9.17) is 10.2 Å². The first-order valence-corrected chi connectivity index (χ1v) is 7.91. The summed E-state index contributed by atoms with van der Waals surface area (Å²) in [7, 11) is 0. The van der Waals surface area contributed by atoms with E-state index in [-0.39, 0.29) is 16.7 Å². The normalized spacial score (nSPS) is 10.4. The summed E-state index contributed by atoms with van der Waals surface area (Å²) < 4.78 is 0. The fraction of sp³-hybridized carbons (Fsp3) is 0. The highest BCUT2D eigenvalue weighted by Crippen LogP contribution is 2.29. The average Bonchev–Trinajstić information content (AvgIpc) is 2.67. The number of carboxylic acids is 3. The Morgan fingerprint density at radius 3 is 1.07 bits per heavy atom. The number of carbonyl (C=O) groups is 3. The predicted molar refractivity (Wildman–Crippen MR) is 98.2 cm³/mol. The Hall–Kier alpha value is -3.93. The Labute approximate surface area is 154 Å². The summed E-state index contributed by atoms with van der Waals surface area (Å²) in [4.78, 5) is 33.5. The Morgan fingerprint density at radius 1 is 0.444 bits per heavy atom. The summed E-state index contributed by atoms with van der Waals surface area (Å²) in [5.41, 5.74) is 2.92. The van der Waals surface area contributed by atoms with Gasteiger partial charge in [-0.15, -0.1) is 0 Å². The van der Waals surface area contributed by atoms with Gasteiger partial charge in [-0.25, -0.2) is 14.4 Å². The number of benzene rings is 3. The molecule has 0 aliphatic heterocycles. The van der Waals surface area contributed by atoms with Gasteiger partial charge in [0.1, 0.15) is 0 Å². The van der Waals surface area contributed by atoms with E-state index in [2.05, 4.69) is 0 Å². The van der Waals surface area contributed by atoms with Gasteiger partial charge in [-0.2, -0.15) is 0 Å². The maximum atomic E-state index is 11.5. The third kappa shape index (κ3) is 3.85. The largest absolute Gasteiger partial charge is 0.478 e. The molecule has 0 unspecified atom stereocenters. The molecule has 0 saturated carbocycles. The summed E-state index contributed by atoms with van der Waals surface area (Å²) in [6.07, 6.45) is 0. The van der Waals surface area contributed by atoms with Crippen LogP contribution in [0.5, 0.6) is 0 Å². The fourth-order valence-corrected chi connectivity index (χ4v) is 2.69. The van der Waals surface area contributed by atoms with Crippen molar-refractivity contribution < 1.29 is 29.7 Å². The Balaban J connectivity index is 2.08. The van der Waals surface area contributed by atoms with Crippen molar-refractivity contribution in [3.05, 3.63) is 83.4 Å². The van der Waals surface area contributed by atoms with Crippen molar-refractivity contribution in [1.29, 1.82) is 0 Å². The number of carboxylic acid groups (broad SMARTS) is 3. The van der Waals surface area contributed by atoms with Crippen LogP contribution in [0.3, 0.4) is 0 Å². The molecule has 6 nitrogen and oxygen atoms in total. The monoisotopic (exact) mass is 362 g/mol. The lowest BCUT2D eigenvalue weighted by molar-refractivity contribution is 0.0686. The zero-order chi connectivity index (χ0) is 19.6. The molecular formula is C21H14O6. The quantitative estimate of drug-likeness (QED) is 0.629. The third-order valence-corrected chi connectivity index (χ3v) is 4.11. The molecule has 0 heterocycles. The Morgan fingerprint density at radius 2 is 0.778 bits per heavy atom. The molecule has 0 fully saturated rings. The minimum Gasteiger partial charge on any atom is -0.478 e. The van der Waals surface area contributed by atoms with E-state index < -0.39 is 17.9 Å². The zero-order valence-corrected chi connectivity index (χ0v) is 13.9. The molecule has 0 saturated heterocycles. The van der Waals surface area contributed by atoms with Crippen molar-refractivity contribution >= 4 is 17.9 Å². The van der Waals surface area contributed by atoms with Gasteiger partial charge in [0.25, 0.3) is 0 Å². The van der Waals surface area contributed by atoms with Crippen molar-refractivity contribution in [2.45, 2.75) is 0 Å². The number of aromatic carboxylic acids is 3. The van der Waals surface area contributed by atoms with Crippen LogP contribution in [0.15, 0.2) is 66.7 Å². The van der Waals surface area contributed by atoms with Gasteiger partial charge < -0.3 is 15.3 Å². The van der Waals surface area contributed by atoms with Crippen molar-refractivity contribution in [3.8, 4) is 22.3 Å². The van der Waals surface area contributed by atoms with Crippen LogP contribution in [0.1, 0.15) is 31.1 Å². The van der Waals surface area contributed by atoms with Crippen LogP contribution in [0.4, 0.5) is 0 Å². The second kappa shape index (κ2) is 7.13. The van der Waals surface area contributed by atoms with Crippen molar-refractivity contribution in [1.82, 2.24) is 0 Å². The first-order valence-electron chi connectivity index (χ1n) is 7.91. The van der Waals surface area contributed by atoms with Crippen LogP contribution in [0.25, 0.3) is 22.3 Å². The predicted octanol–water partition coefficient (Wildman–Crippen LogP) is 4.12. The molecule has 6 heteroatoms. The van der Waals surface area contributed by atoms with Gasteiger partial charge in [0.2, 0.25) is 0 Å². The standard InChI is InChI=1S/C21H14O6/c22-19(23)14-5-1-12(2-6-14)16-9-17(11-18(10-16)21(26)27)13-3-7-15(8-4-13)20(24)25/h1-11H,(H,22,23)(H,24,25)(H,26,27). The zero-order valence-electron chi connectivity index (χ0n) is 13.9. The van der Waals surface area contributed by atoms with Crippen molar-refractivity contribution in [2.24, 2.45) is 0 Å². The molecule has 0 amide bonds. The van der Waals surface area contributed by atoms with Crippen LogP contribution in [0, 0.1) is 0 Å². The number of hydrogen-bond acceptors (Lipinski definition) is 3. The summed E-state index contributed by atoms with van der Waals surface area (Å²) >= 11 is 0. The highest BCUT2D eigenvalue weighted by Gasteiger charge is 2.11. The van der Waals surface area contributed by atoms with Gasteiger partial charge in [0, 0.05) is 0 Å². The van der Waals surface area contributed by atoms with E-state index in [1.807, 2.05) is 0 Å². The van der Waals surface area contributed by atoms with Gasteiger partial charge in [-0.1, -0.05) is 24.3 Å². The third-order valence-electron chi connectivity index (χ3n) is 4.11. The van der Waals surface area contributed by atoms with Gasteiger partial charge in [-0.05, 0) is 64.7 Å². The van der Waals surface area contributed by atoms with E-state index >= 15 is 0 Å². The van der Waals surface area contributed by atoms with E-state index in [9.17, 15) is 19.5 Å². The molecule has 3 rings (SSSR count). The van der Waals surface area contributed by atoms with Gasteiger partial charge in [0.05, 0.1) is 16.7 Å². The van der Waals surface area contributed by atoms with Crippen molar-refractivity contribution in [3.63, 3.8) is 0 Å². The molecule has 0 radical (unpaired) electrons. The van der Waals surface area contributed by atoms with Crippen molar-refractivity contribution in [2.75, 3.05) is 0 Å². The molecule has 3 aromatic rings. The second-order valence-corrected chi connectivity index (χ2v) is 5.87. The molecule has 3 N–H and O–H groups in total. The SMILES string of the molecule is O=C(O)c1ccc(-c2cc(C(=O)O)cc(-c3ccc(C(=O)O)cc3)c2)cc1. The molecular weight excluding hydrogens is 348 g/mol. The topological polar surface area (TPSA) is 112 Å². The Kier molecular flexibility index (Phi) is 4.72. The highest BCUT2D eigenvalue weighted by molar-refractivity contribution is 5.93. The van der Waals surface area contributed by atoms with Gasteiger partial charge in [-0.3, -0.25) is 0 Å². The van der Waals surface area contributed by atoms with Gasteiger partial charge in [0.15, 0.2) is 0 Å². The van der Waals surface area contributed by atoms with E-state index in [1.165, 1.54) is 36.4 Å². The molecule has 0 spiro atoms. The van der Waals surface area contributed by atoms with Crippen LogP contribution in [-0.2, 0) is 0 Å². The lowest BCUT2D eigenvalue weighted by Crippen LogP contribution is -1.99. The molecule has 27 heavy (non-hydrogen) atoms. The minimum absolute atomic E-state index is 0.0760. The minimum atomic E-state index is -1.09.